The van der Waals surface area contributed by atoms with Crippen molar-refractivity contribution in [2.24, 2.45) is 16.5 Å². The van der Waals surface area contributed by atoms with Gasteiger partial charge in [0, 0.05) is 12.3 Å². The standard InChI is InChI=1S/C9H17ClN4/c10-8(5-11)9(13)14-7-3-1-2-6(12)4-7/h5-8,11H,1-4,12H2,(H2,13,14). The number of nitrogens with two attached hydrogens (primary N) is 2. The van der Waals surface area contributed by atoms with Crippen LogP contribution in [0.1, 0.15) is 25.7 Å². The molecule has 1 saturated carbocycles. The molecule has 0 amide bonds. The maximum absolute atomic E-state index is 6.95. The first-order valence-electron chi connectivity index (χ1n) is 4.87. The highest BCUT2D eigenvalue weighted by atomic mass is 35.5. The van der Waals surface area contributed by atoms with Crippen LogP contribution >= 0.6 is 11.6 Å². The Morgan fingerprint density at radius 3 is 2.86 bits per heavy atom. The Balaban J connectivity index is 2.52. The minimum Gasteiger partial charge on any atom is -0.386 e. The zero-order valence-corrected chi connectivity index (χ0v) is 8.87. The van der Waals surface area contributed by atoms with E-state index in [9.17, 15) is 0 Å². The number of hydrogen-bond acceptors (Lipinski definition) is 3. The van der Waals surface area contributed by atoms with E-state index in [1.807, 2.05) is 0 Å². The lowest BCUT2D eigenvalue weighted by molar-refractivity contribution is 0.394. The number of hydrogen-bond donors (Lipinski definition) is 3. The Kier molecular flexibility index (Phi) is 4.35. The van der Waals surface area contributed by atoms with Crippen LogP contribution in [-0.2, 0) is 0 Å². The van der Waals surface area contributed by atoms with Crippen LogP contribution in [0.2, 0.25) is 0 Å². The lowest BCUT2D eigenvalue weighted by Crippen LogP contribution is -2.33. The van der Waals surface area contributed by atoms with Crippen LogP contribution in [-0.4, -0.2) is 29.5 Å². The van der Waals surface area contributed by atoms with Crippen LogP contribution in [0.15, 0.2) is 4.99 Å². The third kappa shape index (κ3) is 3.27. The highest BCUT2D eigenvalue weighted by molar-refractivity contribution is 6.39. The molecular weight excluding hydrogens is 200 g/mol. The molecule has 0 aromatic carbocycles. The van der Waals surface area contributed by atoms with Crippen molar-refractivity contribution in [2.75, 3.05) is 0 Å². The summed E-state index contributed by atoms with van der Waals surface area (Å²) in [5, 5.41) is 6.38. The molecule has 0 aromatic rings. The van der Waals surface area contributed by atoms with Gasteiger partial charge in [-0.3, -0.25) is 4.99 Å². The molecule has 80 valence electrons. The second-order valence-corrected chi connectivity index (χ2v) is 4.17. The molecule has 1 fully saturated rings. The summed E-state index contributed by atoms with van der Waals surface area (Å²) >= 11 is 5.74. The summed E-state index contributed by atoms with van der Waals surface area (Å²) < 4.78 is 0. The van der Waals surface area contributed by atoms with Crippen molar-refractivity contribution in [1.29, 1.82) is 5.41 Å². The van der Waals surface area contributed by atoms with E-state index in [2.05, 4.69) is 4.99 Å². The summed E-state index contributed by atoms with van der Waals surface area (Å²) in [6.07, 6.45) is 5.16. The molecule has 14 heavy (non-hydrogen) atoms. The molecule has 0 saturated heterocycles. The van der Waals surface area contributed by atoms with Crippen LogP contribution in [0.25, 0.3) is 0 Å². The monoisotopic (exact) mass is 216 g/mol. The van der Waals surface area contributed by atoms with Crippen LogP contribution in [0.3, 0.4) is 0 Å². The van der Waals surface area contributed by atoms with Crippen molar-refractivity contribution < 1.29 is 0 Å². The van der Waals surface area contributed by atoms with Gasteiger partial charge >= 0.3 is 0 Å². The predicted octanol–water partition coefficient (Wildman–Crippen LogP) is 0.870. The molecule has 0 spiro atoms. The van der Waals surface area contributed by atoms with Crippen molar-refractivity contribution in [2.45, 2.75) is 43.1 Å². The van der Waals surface area contributed by atoms with Crippen LogP contribution in [0.5, 0.6) is 0 Å². The van der Waals surface area contributed by atoms with E-state index in [0.29, 0.717) is 5.84 Å². The first-order chi connectivity index (χ1) is 6.63. The van der Waals surface area contributed by atoms with Crippen LogP contribution in [0.4, 0.5) is 0 Å². The minimum absolute atomic E-state index is 0.194. The number of nitrogens with one attached hydrogen (secondary N) is 1. The smallest absolute Gasteiger partial charge is 0.125 e. The van der Waals surface area contributed by atoms with Gasteiger partial charge in [0.15, 0.2) is 0 Å². The van der Waals surface area contributed by atoms with E-state index >= 15 is 0 Å². The van der Waals surface area contributed by atoms with Crippen molar-refractivity contribution in [3.63, 3.8) is 0 Å². The molecule has 4 nitrogen and oxygen atoms in total. The molecule has 5 N–H and O–H groups in total. The largest absolute Gasteiger partial charge is 0.386 e. The topological polar surface area (TPSA) is 88.2 Å². The number of aliphatic imine (C=N–C) groups is 1. The summed E-state index contributed by atoms with van der Waals surface area (Å²) in [7, 11) is 0. The fraction of sp³-hybridized carbons (Fsp3) is 0.778. The lowest BCUT2D eigenvalue weighted by atomic mass is 9.92. The van der Waals surface area contributed by atoms with Gasteiger partial charge in [0.2, 0.25) is 0 Å². The van der Waals surface area contributed by atoms with Gasteiger partial charge in [0.1, 0.15) is 11.2 Å². The second-order valence-electron chi connectivity index (χ2n) is 3.70. The number of alkyl halides is 1. The van der Waals surface area contributed by atoms with Crippen LogP contribution in [0, 0.1) is 5.41 Å². The van der Waals surface area contributed by atoms with Crippen molar-refractivity contribution >= 4 is 23.7 Å². The first-order valence-corrected chi connectivity index (χ1v) is 5.30. The Bertz CT molecular complexity index is 229. The molecular formula is C9H17ClN4. The van der Waals surface area contributed by atoms with E-state index in [0.717, 1.165) is 31.9 Å². The van der Waals surface area contributed by atoms with Gasteiger partial charge in [-0.15, -0.1) is 11.6 Å². The molecule has 3 unspecified atom stereocenters. The van der Waals surface area contributed by atoms with E-state index in [1.54, 1.807) is 0 Å². The molecule has 1 aliphatic carbocycles. The molecule has 0 radical (unpaired) electrons. The molecule has 1 rings (SSSR count). The van der Waals surface area contributed by atoms with Crippen molar-refractivity contribution in [3.8, 4) is 0 Å². The third-order valence-electron chi connectivity index (χ3n) is 2.45. The molecule has 1 aliphatic rings. The number of nitrogens with zero attached hydrogens (tertiary/aromatic N) is 1. The van der Waals surface area contributed by atoms with Gasteiger partial charge in [-0.1, -0.05) is 0 Å². The molecule has 0 aliphatic heterocycles. The van der Waals surface area contributed by atoms with E-state index in [-0.39, 0.29) is 12.1 Å². The minimum atomic E-state index is -0.576. The number of amidine groups is 1. The lowest BCUT2D eigenvalue weighted by Gasteiger charge is -2.24. The van der Waals surface area contributed by atoms with Crippen molar-refractivity contribution in [3.05, 3.63) is 0 Å². The zero-order chi connectivity index (χ0) is 10.6. The van der Waals surface area contributed by atoms with Gasteiger partial charge in [0.25, 0.3) is 0 Å². The molecule has 0 heterocycles. The first kappa shape index (κ1) is 11.5. The highest BCUT2D eigenvalue weighted by Gasteiger charge is 2.19. The molecule has 3 atom stereocenters. The zero-order valence-electron chi connectivity index (χ0n) is 8.12. The summed E-state index contributed by atoms with van der Waals surface area (Å²) in [6.45, 7) is 0. The van der Waals surface area contributed by atoms with Gasteiger partial charge in [-0.25, -0.2) is 0 Å². The summed E-state index contributed by atoms with van der Waals surface area (Å²) in [5.74, 6) is 0.334. The van der Waals surface area contributed by atoms with Crippen LogP contribution < -0.4 is 11.5 Å². The predicted molar refractivity (Wildman–Crippen MR) is 60.3 cm³/mol. The normalized spacial score (nSPS) is 31.1. The number of rotatable bonds is 3. The SMILES string of the molecule is N=CC(Cl)C(N)=NC1CCCC(N)C1. The van der Waals surface area contributed by atoms with E-state index in [4.69, 9.17) is 28.5 Å². The Morgan fingerprint density at radius 1 is 1.57 bits per heavy atom. The fourth-order valence-corrected chi connectivity index (χ4v) is 1.74. The summed E-state index contributed by atoms with van der Waals surface area (Å²) in [5.41, 5.74) is 11.5. The number of halogens is 1. The van der Waals surface area contributed by atoms with Gasteiger partial charge in [-0.05, 0) is 25.7 Å². The third-order valence-corrected chi connectivity index (χ3v) is 2.80. The molecule has 0 aromatic heterocycles. The Hall–Kier alpha value is -0.610. The van der Waals surface area contributed by atoms with E-state index in [1.165, 1.54) is 0 Å². The molecule has 5 heteroatoms. The maximum Gasteiger partial charge on any atom is 0.125 e. The maximum atomic E-state index is 6.95. The molecule has 0 bridgehead atoms. The summed E-state index contributed by atoms with van der Waals surface area (Å²) in [4.78, 5) is 4.29. The Labute approximate surface area is 89.2 Å². The quantitative estimate of drug-likeness (QED) is 0.371. The van der Waals surface area contributed by atoms with Crippen molar-refractivity contribution in [1.82, 2.24) is 0 Å². The second kappa shape index (κ2) is 5.32. The Morgan fingerprint density at radius 2 is 2.29 bits per heavy atom. The summed E-state index contributed by atoms with van der Waals surface area (Å²) in [6, 6.07) is 0.430. The van der Waals surface area contributed by atoms with E-state index < -0.39 is 5.38 Å². The highest BCUT2D eigenvalue weighted by Crippen LogP contribution is 2.19. The van der Waals surface area contributed by atoms with Gasteiger partial charge < -0.3 is 16.9 Å². The van der Waals surface area contributed by atoms with Gasteiger partial charge in [0.05, 0.1) is 6.04 Å². The average Bonchev–Trinajstić information content (AvgIpc) is 2.16. The van der Waals surface area contributed by atoms with Gasteiger partial charge in [-0.2, -0.15) is 0 Å². The fourth-order valence-electron chi connectivity index (χ4n) is 1.69. The average molecular weight is 217 g/mol.